The van der Waals surface area contributed by atoms with E-state index in [9.17, 15) is 4.79 Å². The van der Waals surface area contributed by atoms with E-state index < -0.39 is 0 Å². The number of halogens is 1. The molecule has 0 unspecified atom stereocenters. The molecule has 0 saturated carbocycles. The lowest BCUT2D eigenvalue weighted by atomic mass is 10.2. The van der Waals surface area contributed by atoms with Gasteiger partial charge in [0.15, 0.2) is 0 Å². The fourth-order valence-corrected chi connectivity index (χ4v) is 3.15. The number of carbonyl (C=O) groups excluding carboxylic acids is 1. The lowest BCUT2D eigenvalue weighted by Crippen LogP contribution is -2.49. The van der Waals surface area contributed by atoms with Crippen LogP contribution in [0.25, 0.3) is 0 Å². The van der Waals surface area contributed by atoms with Crippen LogP contribution >= 0.6 is 11.6 Å². The van der Waals surface area contributed by atoms with Crippen LogP contribution in [-0.2, 0) is 17.9 Å². The number of ether oxygens (including phenoxy) is 1. The zero-order chi connectivity index (χ0) is 17.8. The van der Waals surface area contributed by atoms with E-state index in [2.05, 4.69) is 22.1 Å². The van der Waals surface area contributed by atoms with Gasteiger partial charge in [-0.05, 0) is 24.6 Å². The first-order valence-electron chi connectivity index (χ1n) is 8.38. The summed E-state index contributed by atoms with van der Waals surface area (Å²) in [4.78, 5) is 16.7. The van der Waals surface area contributed by atoms with Crippen molar-refractivity contribution in [2.75, 3.05) is 33.3 Å². The normalized spacial score (nSPS) is 15.4. The van der Waals surface area contributed by atoms with Gasteiger partial charge in [-0.15, -0.1) is 0 Å². The third-order valence-corrected chi connectivity index (χ3v) is 4.82. The van der Waals surface area contributed by atoms with E-state index in [4.69, 9.17) is 16.3 Å². The Morgan fingerprint density at radius 2 is 2.04 bits per heavy atom. The lowest BCUT2D eigenvalue weighted by Gasteiger charge is -2.34. The number of methoxy groups -OCH3 is 1. The minimum atomic E-state index is 0.0835. The number of benzene rings is 1. The highest BCUT2D eigenvalue weighted by Crippen LogP contribution is 2.16. The van der Waals surface area contributed by atoms with Gasteiger partial charge in [0.2, 0.25) is 5.91 Å². The molecule has 25 heavy (non-hydrogen) atoms. The Kier molecular flexibility index (Phi) is 5.60. The smallest absolute Gasteiger partial charge is 0.244 e. The van der Waals surface area contributed by atoms with Gasteiger partial charge >= 0.3 is 0 Å². The van der Waals surface area contributed by atoms with Crippen LogP contribution in [0.5, 0.6) is 5.75 Å². The molecule has 2 heterocycles. The number of aryl methyl sites for hydroxylation is 1. The summed E-state index contributed by atoms with van der Waals surface area (Å²) in [6.45, 7) is 6.13. The summed E-state index contributed by atoms with van der Waals surface area (Å²) < 4.78 is 6.88. The molecule has 0 spiro atoms. The molecular weight excluding hydrogens is 340 g/mol. The average Bonchev–Trinajstić information content (AvgIpc) is 2.93. The molecule has 1 aliphatic heterocycles. The van der Waals surface area contributed by atoms with E-state index >= 15 is 0 Å². The minimum Gasteiger partial charge on any atom is -0.497 e. The first kappa shape index (κ1) is 17.8. The fourth-order valence-electron chi connectivity index (χ4n) is 3.00. The summed E-state index contributed by atoms with van der Waals surface area (Å²) >= 11 is 5.99. The second kappa shape index (κ2) is 7.89. The maximum atomic E-state index is 12.4. The van der Waals surface area contributed by atoms with Crippen LogP contribution in [0.4, 0.5) is 0 Å². The quantitative estimate of drug-likeness (QED) is 0.818. The maximum absolute atomic E-state index is 12.4. The average molecular weight is 363 g/mol. The molecule has 0 N–H and O–H groups in total. The van der Waals surface area contributed by atoms with Crippen LogP contribution in [0, 0.1) is 6.92 Å². The van der Waals surface area contributed by atoms with Crippen molar-refractivity contribution in [3.8, 4) is 5.75 Å². The number of aromatic nitrogens is 2. The van der Waals surface area contributed by atoms with Crippen molar-refractivity contribution >= 4 is 17.5 Å². The molecule has 2 aromatic rings. The summed E-state index contributed by atoms with van der Waals surface area (Å²) in [5.41, 5.74) is 1.97. The number of nitrogens with zero attached hydrogens (tertiary/aromatic N) is 4. The van der Waals surface area contributed by atoms with Crippen molar-refractivity contribution in [1.82, 2.24) is 19.6 Å². The number of amides is 1. The summed E-state index contributed by atoms with van der Waals surface area (Å²) in [6, 6.07) is 8.11. The van der Waals surface area contributed by atoms with Gasteiger partial charge in [0.25, 0.3) is 0 Å². The van der Waals surface area contributed by atoms with Crippen molar-refractivity contribution in [3.63, 3.8) is 0 Å². The third kappa shape index (κ3) is 4.52. The van der Waals surface area contributed by atoms with Gasteiger partial charge < -0.3 is 9.64 Å². The molecule has 0 atom stereocenters. The van der Waals surface area contributed by atoms with Crippen molar-refractivity contribution in [3.05, 3.63) is 46.7 Å². The lowest BCUT2D eigenvalue weighted by molar-refractivity contribution is -0.133. The highest BCUT2D eigenvalue weighted by atomic mass is 35.5. The number of carbonyl (C=O) groups is 1. The van der Waals surface area contributed by atoms with Crippen LogP contribution in [-0.4, -0.2) is 58.8 Å². The Hall–Kier alpha value is -2.05. The van der Waals surface area contributed by atoms with Crippen LogP contribution in [0.1, 0.15) is 11.3 Å². The van der Waals surface area contributed by atoms with E-state index in [0.29, 0.717) is 5.02 Å². The van der Waals surface area contributed by atoms with Gasteiger partial charge in [-0.2, -0.15) is 5.10 Å². The topological polar surface area (TPSA) is 50.6 Å². The minimum absolute atomic E-state index is 0.0835. The highest BCUT2D eigenvalue weighted by molar-refractivity contribution is 6.31. The highest BCUT2D eigenvalue weighted by Gasteiger charge is 2.21. The summed E-state index contributed by atoms with van der Waals surface area (Å²) in [5, 5.41) is 4.84. The van der Waals surface area contributed by atoms with Gasteiger partial charge in [-0.3, -0.25) is 14.4 Å². The summed E-state index contributed by atoms with van der Waals surface area (Å²) in [6.07, 6.45) is 1.70. The van der Waals surface area contributed by atoms with Crippen molar-refractivity contribution in [1.29, 1.82) is 0 Å². The molecular formula is C18H23ClN4O2. The zero-order valence-electron chi connectivity index (χ0n) is 14.6. The second-order valence-corrected chi connectivity index (χ2v) is 6.68. The SMILES string of the molecule is COc1cccc(CN2CCN(C(=O)Cn3cc(Cl)c(C)n3)CC2)c1. The molecule has 3 rings (SSSR count). The predicted octanol–water partition coefficient (Wildman–Crippen LogP) is 2.20. The molecule has 1 fully saturated rings. The predicted molar refractivity (Wildman–Crippen MR) is 96.8 cm³/mol. The van der Waals surface area contributed by atoms with E-state index in [1.165, 1.54) is 5.56 Å². The van der Waals surface area contributed by atoms with E-state index in [1.54, 1.807) is 18.0 Å². The van der Waals surface area contributed by atoms with E-state index in [0.717, 1.165) is 44.2 Å². The van der Waals surface area contributed by atoms with Crippen molar-refractivity contribution in [2.45, 2.75) is 20.0 Å². The fraction of sp³-hybridized carbons (Fsp3) is 0.444. The van der Waals surface area contributed by atoms with Crippen LogP contribution in [0.3, 0.4) is 0 Å². The van der Waals surface area contributed by atoms with Gasteiger partial charge in [0.05, 0.1) is 17.8 Å². The van der Waals surface area contributed by atoms with Crippen LogP contribution in [0.2, 0.25) is 5.02 Å². The second-order valence-electron chi connectivity index (χ2n) is 6.27. The Bertz CT molecular complexity index is 719. The van der Waals surface area contributed by atoms with Gasteiger partial charge in [-0.1, -0.05) is 23.7 Å². The summed E-state index contributed by atoms with van der Waals surface area (Å²) in [5.74, 6) is 0.958. The monoisotopic (exact) mass is 362 g/mol. The molecule has 1 aromatic heterocycles. The van der Waals surface area contributed by atoms with Crippen LogP contribution < -0.4 is 4.74 Å². The number of hydrogen-bond donors (Lipinski definition) is 0. The maximum Gasteiger partial charge on any atom is 0.244 e. The first-order valence-corrected chi connectivity index (χ1v) is 8.75. The Balaban J connectivity index is 1.50. The van der Waals surface area contributed by atoms with Crippen molar-refractivity contribution in [2.24, 2.45) is 0 Å². The largest absolute Gasteiger partial charge is 0.497 e. The molecule has 7 heteroatoms. The van der Waals surface area contributed by atoms with Crippen LogP contribution in [0.15, 0.2) is 30.5 Å². The summed E-state index contributed by atoms with van der Waals surface area (Å²) in [7, 11) is 1.68. The number of piperazine rings is 1. The van der Waals surface area contributed by atoms with E-state index in [-0.39, 0.29) is 12.5 Å². The Morgan fingerprint density at radius 3 is 2.68 bits per heavy atom. The van der Waals surface area contributed by atoms with E-state index in [1.807, 2.05) is 24.0 Å². The zero-order valence-corrected chi connectivity index (χ0v) is 15.4. The number of hydrogen-bond acceptors (Lipinski definition) is 4. The Morgan fingerprint density at radius 1 is 1.28 bits per heavy atom. The molecule has 1 saturated heterocycles. The third-order valence-electron chi connectivity index (χ3n) is 4.45. The van der Waals surface area contributed by atoms with Crippen molar-refractivity contribution < 1.29 is 9.53 Å². The van der Waals surface area contributed by atoms with Gasteiger partial charge in [-0.25, -0.2) is 0 Å². The first-order chi connectivity index (χ1) is 12.0. The molecule has 6 nitrogen and oxygen atoms in total. The molecule has 0 radical (unpaired) electrons. The van der Waals surface area contributed by atoms with Gasteiger partial charge in [0.1, 0.15) is 12.3 Å². The molecule has 1 amide bonds. The molecule has 134 valence electrons. The standard InChI is InChI=1S/C18H23ClN4O2/c1-14-17(19)12-23(20-14)13-18(24)22-8-6-21(7-9-22)11-15-4-3-5-16(10-15)25-2/h3-5,10,12H,6-9,11,13H2,1-2H3. The van der Waals surface area contributed by atoms with Gasteiger partial charge in [0, 0.05) is 38.9 Å². The number of rotatable bonds is 5. The molecule has 1 aromatic carbocycles. The molecule has 0 bridgehead atoms. The molecule has 1 aliphatic rings. The molecule has 0 aliphatic carbocycles. The Labute approximate surface area is 152 Å².